The Morgan fingerprint density at radius 2 is 1.97 bits per heavy atom. The van der Waals surface area contributed by atoms with Crippen molar-refractivity contribution in [2.24, 2.45) is 0 Å². The predicted molar refractivity (Wildman–Crippen MR) is 118 cm³/mol. The summed E-state index contributed by atoms with van der Waals surface area (Å²) in [7, 11) is 1.59. The molecule has 2 aromatic carbocycles. The van der Waals surface area contributed by atoms with Gasteiger partial charge in [-0.05, 0) is 43.3 Å². The van der Waals surface area contributed by atoms with E-state index < -0.39 is 5.97 Å². The minimum atomic E-state index is -0.423. The van der Waals surface area contributed by atoms with Gasteiger partial charge in [0.05, 0.1) is 18.2 Å². The van der Waals surface area contributed by atoms with E-state index in [9.17, 15) is 9.59 Å². The van der Waals surface area contributed by atoms with Gasteiger partial charge < -0.3 is 14.4 Å². The Morgan fingerprint density at radius 1 is 1.19 bits per heavy atom. The van der Waals surface area contributed by atoms with Crippen molar-refractivity contribution in [2.45, 2.75) is 19.9 Å². The van der Waals surface area contributed by atoms with Crippen LogP contribution in [0.1, 0.15) is 37.5 Å². The van der Waals surface area contributed by atoms with E-state index in [4.69, 9.17) is 14.5 Å². The lowest BCUT2D eigenvalue weighted by Gasteiger charge is -2.30. The second-order valence-corrected chi connectivity index (χ2v) is 7.53. The summed E-state index contributed by atoms with van der Waals surface area (Å²) in [6.07, 6.45) is 2.11. The summed E-state index contributed by atoms with van der Waals surface area (Å²) in [6.45, 7) is 6.54. The zero-order valence-corrected chi connectivity index (χ0v) is 17.7. The predicted octanol–water partition coefficient (Wildman–Crippen LogP) is 4.09. The molecule has 0 aliphatic carbocycles. The van der Waals surface area contributed by atoms with Crippen LogP contribution in [-0.4, -0.2) is 42.0 Å². The standard InChI is InChI=1S/C25H24N2O4/c1-4-13-31-25(29)23-19-14-16(2)5-10-21(19)26-22-11-12-27(15-20(22)23)24(28)17-6-8-18(30-3)9-7-17/h4-10,14H,1,11-13,15H2,2-3H3. The van der Waals surface area contributed by atoms with Crippen LogP contribution in [-0.2, 0) is 17.7 Å². The van der Waals surface area contributed by atoms with Gasteiger partial charge in [-0.2, -0.15) is 0 Å². The van der Waals surface area contributed by atoms with Crippen molar-refractivity contribution in [1.29, 1.82) is 0 Å². The van der Waals surface area contributed by atoms with Gasteiger partial charge in [0, 0.05) is 41.7 Å². The van der Waals surface area contributed by atoms with Crippen molar-refractivity contribution in [3.8, 4) is 5.75 Å². The van der Waals surface area contributed by atoms with Crippen LogP contribution in [0, 0.1) is 6.92 Å². The number of pyridine rings is 1. The topological polar surface area (TPSA) is 68.7 Å². The van der Waals surface area contributed by atoms with Gasteiger partial charge in [-0.1, -0.05) is 24.3 Å². The van der Waals surface area contributed by atoms with Crippen LogP contribution in [0.25, 0.3) is 10.9 Å². The number of rotatable bonds is 5. The van der Waals surface area contributed by atoms with Crippen molar-refractivity contribution >= 4 is 22.8 Å². The van der Waals surface area contributed by atoms with E-state index in [1.807, 2.05) is 25.1 Å². The number of benzene rings is 2. The normalized spacial score (nSPS) is 12.9. The van der Waals surface area contributed by atoms with Gasteiger partial charge in [0.2, 0.25) is 0 Å². The van der Waals surface area contributed by atoms with Crippen molar-refractivity contribution < 1.29 is 19.1 Å². The summed E-state index contributed by atoms with van der Waals surface area (Å²) in [6, 6.07) is 12.9. The fourth-order valence-corrected chi connectivity index (χ4v) is 3.88. The molecule has 0 fully saturated rings. The molecule has 0 saturated heterocycles. The molecule has 0 unspecified atom stereocenters. The Bertz CT molecular complexity index is 1170. The largest absolute Gasteiger partial charge is 0.497 e. The SMILES string of the molecule is C=CCOC(=O)c1c2c(nc3ccc(C)cc13)CCN(C(=O)c1ccc(OC)cc1)C2. The highest BCUT2D eigenvalue weighted by Crippen LogP contribution is 2.30. The minimum Gasteiger partial charge on any atom is -0.497 e. The van der Waals surface area contributed by atoms with Gasteiger partial charge in [0.25, 0.3) is 5.91 Å². The molecule has 31 heavy (non-hydrogen) atoms. The Balaban J connectivity index is 1.75. The first-order chi connectivity index (χ1) is 15.0. The average molecular weight is 416 g/mol. The summed E-state index contributed by atoms with van der Waals surface area (Å²) in [4.78, 5) is 32.7. The van der Waals surface area contributed by atoms with Crippen LogP contribution >= 0.6 is 0 Å². The Labute approximate surface area is 181 Å². The number of aromatic nitrogens is 1. The van der Waals surface area contributed by atoms with Gasteiger partial charge >= 0.3 is 5.97 Å². The van der Waals surface area contributed by atoms with Gasteiger partial charge in [-0.25, -0.2) is 4.79 Å². The van der Waals surface area contributed by atoms with E-state index in [1.54, 1.807) is 42.4 Å². The number of aryl methyl sites for hydroxylation is 1. The molecule has 2 heterocycles. The fourth-order valence-electron chi connectivity index (χ4n) is 3.88. The summed E-state index contributed by atoms with van der Waals surface area (Å²) in [5, 5.41) is 0.742. The number of hydrogen-bond acceptors (Lipinski definition) is 5. The molecule has 0 bridgehead atoms. The summed E-state index contributed by atoms with van der Waals surface area (Å²) >= 11 is 0. The summed E-state index contributed by atoms with van der Waals surface area (Å²) in [5.74, 6) is 0.176. The van der Waals surface area contributed by atoms with E-state index in [2.05, 4.69) is 6.58 Å². The zero-order chi connectivity index (χ0) is 22.0. The molecule has 1 aromatic heterocycles. The number of nitrogens with zero attached hydrogens (tertiary/aromatic N) is 2. The van der Waals surface area contributed by atoms with E-state index in [0.717, 1.165) is 27.7 Å². The summed E-state index contributed by atoms with van der Waals surface area (Å²) in [5.41, 5.74) is 4.42. The fraction of sp³-hybridized carbons (Fsp3) is 0.240. The highest BCUT2D eigenvalue weighted by molar-refractivity contribution is 6.05. The number of carbonyl (C=O) groups excluding carboxylic acids is 2. The second-order valence-electron chi connectivity index (χ2n) is 7.53. The van der Waals surface area contributed by atoms with E-state index in [1.165, 1.54) is 0 Å². The lowest BCUT2D eigenvalue weighted by Crippen LogP contribution is -2.37. The first kappa shape index (κ1) is 20.6. The molecular formula is C25H24N2O4. The van der Waals surface area contributed by atoms with Gasteiger partial charge in [0.1, 0.15) is 12.4 Å². The molecule has 0 spiro atoms. The van der Waals surface area contributed by atoms with Crippen LogP contribution in [0.2, 0.25) is 0 Å². The summed E-state index contributed by atoms with van der Waals surface area (Å²) < 4.78 is 10.6. The molecule has 1 amide bonds. The maximum Gasteiger partial charge on any atom is 0.339 e. The molecule has 158 valence electrons. The molecule has 4 rings (SSSR count). The second kappa shape index (κ2) is 8.60. The van der Waals surface area contributed by atoms with Crippen molar-refractivity contribution in [2.75, 3.05) is 20.3 Å². The van der Waals surface area contributed by atoms with Crippen molar-refractivity contribution in [3.05, 3.63) is 83.1 Å². The smallest absolute Gasteiger partial charge is 0.339 e. The quantitative estimate of drug-likeness (QED) is 0.463. The number of hydrogen-bond donors (Lipinski definition) is 0. The number of fused-ring (bicyclic) bond motifs is 2. The molecular weight excluding hydrogens is 392 g/mol. The number of esters is 1. The van der Waals surface area contributed by atoms with Crippen LogP contribution in [0.4, 0.5) is 0 Å². The third-order valence-corrected chi connectivity index (χ3v) is 5.46. The molecule has 1 aliphatic heterocycles. The molecule has 6 nitrogen and oxygen atoms in total. The van der Waals surface area contributed by atoms with E-state index >= 15 is 0 Å². The molecule has 0 N–H and O–H groups in total. The molecule has 6 heteroatoms. The maximum absolute atomic E-state index is 13.1. The van der Waals surface area contributed by atoms with E-state index in [0.29, 0.717) is 36.4 Å². The first-order valence-corrected chi connectivity index (χ1v) is 10.1. The molecule has 1 aliphatic rings. The molecule has 0 atom stereocenters. The number of methoxy groups -OCH3 is 1. The number of amides is 1. The Kier molecular flexibility index (Phi) is 5.71. The maximum atomic E-state index is 13.1. The van der Waals surface area contributed by atoms with Crippen LogP contribution in [0.15, 0.2) is 55.1 Å². The van der Waals surface area contributed by atoms with Crippen LogP contribution in [0.5, 0.6) is 5.75 Å². The van der Waals surface area contributed by atoms with E-state index in [-0.39, 0.29) is 12.5 Å². The number of carbonyl (C=O) groups is 2. The van der Waals surface area contributed by atoms with Crippen LogP contribution < -0.4 is 4.74 Å². The van der Waals surface area contributed by atoms with Gasteiger partial charge in [0.15, 0.2) is 0 Å². The minimum absolute atomic E-state index is 0.0944. The average Bonchev–Trinajstić information content (AvgIpc) is 2.80. The molecule has 0 radical (unpaired) electrons. The monoisotopic (exact) mass is 416 g/mol. The van der Waals surface area contributed by atoms with Crippen molar-refractivity contribution in [3.63, 3.8) is 0 Å². The van der Waals surface area contributed by atoms with Gasteiger partial charge in [-0.3, -0.25) is 9.78 Å². The van der Waals surface area contributed by atoms with Crippen molar-refractivity contribution in [1.82, 2.24) is 9.88 Å². The lowest BCUT2D eigenvalue weighted by molar-refractivity contribution is 0.0544. The molecule has 0 saturated carbocycles. The van der Waals surface area contributed by atoms with Gasteiger partial charge in [-0.15, -0.1) is 0 Å². The number of ether oxygens (including phenoxy) is 2. The Morgan fingerprint density at radius 3 is 2.68 bits per heavy atom. The van der Waals surface area contributed by atoms with Crippen LogP contribution in [0.3, 0.4) is 0 Å². The highest BCUT2D eigenvalue weighted by atomic mass is 16.5. The third kappa shape index (κ3) is 4.01. The zero-order valence-electron chi connectivity index (χ0n) is 17.7. The third-order valence-electron chi connectivity index (χ3n) is 5.46. The first-order valence-electron chi connectivity index (χ1n) is 10.1. The highest BCUT2D eigenvalue weighted by Gasteiger charge is 2.29. The lowest BCUT2D eigenvalue weighted by atomic mass is 9.94. The Hall–Kier alpha value is -3.67. The molecule has 3 aromatic rings.